The molecule has 1 unspecified atom stereocenters. The van der Waals surface area contributed by atoms with Crippen LogP contribution in [0.5, 0.6) is 0 Å². The highest BCUT2D eigenvalue weighted by atomic mass is 16.3. The van der Waals surface area contributed by atoms with Gasteiger partial charge in [-0.15, -0.1) is 0 Å². The molecule has 0 saturated heterocycles. The van der Waals surface area contributed by atoms with E-state index in [1.807, 2.05) is 12.3 Å². The lowest BCUT2D eigenvalue weighted by atomic mass is 9.41. The molecule has 4 aliphatic carbocycles. The van der Waals surface area contributed by atoms with Gasteiger partial charge in [-0.25, -0.2) is 0 Å². The fourth-order valence-corrected chi connectivity index (χ4v) is 9.30. The third kappa shape index (κ3) is 3.06. The Kier molecular flexibility index (Phi) is 5.23. The molecule has 34 heavy (non-hydrogen) atoms. The number of Topliss-reactive ketones (excluding diaryl/α,β-unsaturated/α-hetero) is 1. The third-order valence-corrected chi connectivity index (χ3v) is 11.7. The highest BCUT2D eigenvalue weighted by molar-refractivity contribution is 6.00. The number of aliphatic hydroxyl groups is 2. The molecule has 4 nitrogen and oxygen atoms in total. The van der Waals surface area contributed by atoms with Gasteiger partial charge < -0.3 is 15.2 Å². The van der Waals surface area contributed by atoms with E-state index < -0.39 is 5.60 Å². The summed E-state index contributed by atoms with van der Waals surface area (Å²) >= 11 is 0. The van der Waals surface area contributed by atoms with Gasteiger partial charge in [0.15, 0.2) is 0 Å². The van der Waals surface area contributed by atoms with Crippen molar-refractivity contribution in [3.63, 3.8) is 0 Å². The molecule has 1 aromatic heterocycles. The van der Waals surface area contributed by atoms with Crippen LogP contribution in [0, 0.1) is 33.5 Å². The number of carbonyl (C=O) groups excluding carboxylic acids is 1. The van der Waals surface area contributed by atoms with Crippen LogP contribution in [0.2, 0.25) is 0 Å². The quantitative estimate of drug-likeness (QED) is 0.356. The molecule has 3 saturated carbocycles. The fraction of sp³-hybridized carbons (Fsp3) is 0.767. The molecule has 0 aliphatic heterocycles. The van der Waals surface area contributed by atoms with Crippen molar-refractivity contribution in [1.29, 1.82) is 0 Å². The Morgan fingerprint density at radius 1 is 1.03 bits per heavy atom. The van der Waals surface area contributed by atoms with Crippen LogP contribution in [-0.2, 0) is 0 Å². The Morgan fingerprint density at radius 2 is 1.71 bits per heavy atom. The molecule has 1 heterocycles. The normalized spacial score (nSPS) is 43.5. The van der Waals surface area contributed by atoms with Gasteiger partial charge in [-0.3, -0.25) is 4.79 Å². The molecule has 0 bridgehead atoms. The van der Waals surface area contributed by atoms with Crippen LogP contribution >= 0.6 is 0 Å². The Hall–Kier alpha value is -1.39. The van der Waals surface area contributed by atoms with Gasteiger partial charge in [0.2, 0.25) is 5.78 Å². The largest absolute Gasteiger partial charge is 0.393 e. The van der Waals surface area contributed by atoms with Crippen LogP contribution < -0.4 is 0 Å². The van der Waals surface area contributed by atoms with Crippen molar-refractivity contribution in [3.8, 4) is 0 Å². The van der Waals surface area contributed by atoms with Crippen LogP contribution in [0.3, 0.4) is 0 Å². The first-order chi connectivity index (χ1) is 15.7. The summed E-state index contributed by atoms with van der Waals surface area (Å²) in [5.41, 5.74) is 2.60. The van der Waals surface area contributed by atoms with Gasteiger partial charge in [0.05, 0.1) is 11.8 Å². The molecule has 3 N–H and O–H groups in total. The summed E-state index contributed by atoms with van der Waals surface area (Å²) in [4.78, 5) is 15.8. The first kappa shape index (κ1) is 24.3. The van der Waals surface area contributed by atoms with Crippen LogP contribution in [0.1, 0.15) is 115 Å². The highest BCUT2D eigenvalue weighted by Crippen LogP contribution is 2.74. The summed E-state index contributed by atoms with van der Waals surface area (Å²) < 4.78 is 0. The van der Waals surface area contributed by atoms with Crippen LogP contribution in [0.15, 0.2) is 23.9 Å². The zero-order valence-electron chi connectivity index (χ0n) is 22.3. The third-order valence-electron chi connectivity index (χ3n) is 11.7. The number of ketones is 1. The van der Waals surface area contributed by atoms with E-state index in [1.54, 1.807) is 19.4 Å². The van der Waals surface area contributed by atoms with Crippen molar-refractivity contribution >= 4 is 5.78 Å². The predicted molar refractivity (Wildman–Crippen MR) is 136 cm³/mol. The average Bonchev–Trinajstić information content (AvgIpc) is 3.32. The summed E-state index contributed by atoms with van der Waals surface area (Å²) in [7, 11) is 0. The van der Waals surface area contributed by atoms with Crippen LogP contribution in [0.4, 0.5) is 0 Å². The Balaban J connectivity index is 1.49. The van der Waals surface area contributed by atoms with Gasteiger partial charge in [-0.2, -0.15) is 0 Å². The molecule has 0 aromatic carbocycles. The number of aromatic nitrogens is 1. The van der Waals surface area contributed by atoms with Gasteiger partial charge in [-0.1, -0.05) is 46.3 Å². The number of hydrogen-bond acceptors (Lipinski definition) is 3. The summed E-state index contributed by atoms with van der Waals surface area (Å²) in [6.07, 6.45) is 12.3. The molecule has 5 rings (SSSR count). The fourth-order valence-electron chi connectivity index (χ4n) is 9.30. The van der Waals surface area contributed by atoms with Crippen molar-refractivity contribution in [2.75, 3.05) is 0 Å². The van der Waals surface area contributed by atoms with Crippen molar-refractivity contribution in [3.05, 3.63) is 35.2 Å². The maximum absolute atomic E-state index is 12.6. The lowest BCUT2D eigenvalue weighted by molar-refractivity contribution is -0.129. The molecular weight excluding hydrogens is 422 g/mol. The van der Waals surface area contributed by atoms with Gasteiger partial charge in [0, 0.05) is 6.20 Å². The summed E-state index contributed by atoms with van der Waals surface area (Å²) in [6, 6.07) is 2.01. The minimum atomic E-state index is -1.37. The highest BCUT2D eigenvalue weighted by Gasteiger charge is 2.65. The standard InChI is InChI=1S/C30H45NO3/c1-26(2)23-9-8-21-20(28(23,5)13-12-24(26)32)11-15-29(6)19(10-14-30(21,29)7)18-16-22(31-17-18)25(33)27(3,4)34/h8,16-17,19-20,23-24,31-32,34H,9-15H2,1-7H3/t19-,20-,23?,24+,28+,29-,30+/m0/s1. The minimum absolute atomic E-state index is 0.0383. The van der Waals surface area contributed by atoms with Crippen molar-refractivity contribution in [2.24, 2.45) is 33.5 Å². The Bertz CT molecular complexity index is 1030. The van der Waals surface area contributed by atoms with E-state index >= 15 is 0 Å². The van der Waals surface area contributed by atoms with Gasteiger partial charge in [0.25, 0.3) is 0 Å². The molecule has 188 valence electrons. The smallest absolute Gasteiger partial charge is 0.209 e. The van der Waals surface area contributed by atoms with Crippen LogP contribution in [-0.4, -0.2) is 32.7 Å². The first-order valence-corrected chi connectivity index (χ1v) is 13.5. The number of H-pyrrole nitrogens is 1. The number of fused-ring (bicyclic) bond motifs is 5. The van der Waals surface area contributed by atoms with Gasteiger partial charge >= 0.3 is 0 Å². The molecule has 3 fully saturated rings. The second-order valence-electron chi connectivity index (χ2n) is 14.0. The molecule has 4 heteroatoms. The zero-order valence-corrected chi connectivity index (χ0v) is 22.3. The molecule has 0 radical (unpaired) electrons. The summed E-state index contributed by atoms with van der Waals surface area (Å²) in [5, 5.41) is 21.0. The van der Waals surface area contributed by atoms with Crippen molar-refractivity contribution in [1.82, 2.24) is 4.98 Å². The lowest BCUT2D eigenvalue weighted by Gasteiger charge is -2.64. The number of carbonyl (C=O) groups is 1. The number of rotatable bonds is 3. The number of aliphatic hydroxyl groups excluding tert-OH is 1. The minimum Gasteiger partial charge on any atom is -0.393 e. The van der Waals surface area contributed by atoms with E-state index in [0.29, 0.717) is 23.4 Å². The molecule has 7 atom stereocenters. The van der Waals surface area contributed by atoms with E-state index in [-0.39, 0.29) is 33.5 Å². The topological polar surface area (TPSA) is 73.3 Å². The monoisotopic (exact) mass is 467 g/mol. The maximum Gasteiger partial charge on any atom is 0.209 e. The molecule has 0 spiro atoms. The van der Waals surface area contributed by atoms with E-state index in [0.717, 1.165) is 25.7 Å². The van der Waals surface area contributed by atoms with Gasteiger partial charge in [-0.05, 0) is 110 Å². The number of hydrogen-bond donors (Lipinski definition) is 3. The van der Waals surface area contributed by atoms with E-state index in [2.05, 4.69) is 45.7 Å². The van der Waals surface area contributed by atoms with Crippen molar-refractivity contribution < 1.29 is 15.0 Å². The van der Waals surface area contributed by atoms with Crippen molar-refractivity contribution in [2.45, 2.75) is 111 Å². The Labute approximate surface area is 205 Å². The SMILES string of the molecule is CC(C)(O)C(=O)c1cc([C@@H]2CC[C@]3(C)C4=CCC5C(C)(C)[C@H](O)CC[C@]5(C)[C@H]4CC[C@@]23C)c[nH]1. The summed E-state index contributed by atoms with van der Waals surface area (Å²) in [5.74, 6) is 1.30. The summed E-state index contributed by atoms with van der Waals surface area (Å²) in [6.45, 7) is 15.2. The first-order valence-electron chi connectivity index (χ1n) is 13.5. The average molecular weight is 468 g/mol. The maximum atomic E-state index is 12.6. The molecule has 1 aromatic rings. The van der Waals surface area contributed by atoms with Crippen LogP contribution in [0.25, 0.3) is 0 Å². The van der Waals surface area contributed by atoms with E-state index in [4.69, 9.17) is 0 Å². The van der Waals surface area contributed by atoms with Gasteiger partial charge in [0.1, 0.15) is 5.60 Å². The second kappa shape index (κ2) is 7.32. The number of allylic oxidation sites excluding steroid dienone is 2. The molecule has 0 amide bonds. The number of nitrogens with one attached hydrogen (secondary N) is 1. The van der Waals surface area contributed by atoms with E-state index in [1.165, 1.54) is 24.8 Å². The molecule has 4 aliphatic rings. The number of aromatic amines is 1. The predicted octanol–water partition coefficient (Wildman–Crippen LogP) is 6.40. The zero-order chi connectivity index (χ0) is 24.9. The lowest BCUT2D eigenvalue weighted by Crippen LogP contribution is -2.57. The molecular formula is C30H45NO3. The van der Waals surface area contributed by atoms with E-state index in [9.17, 15) is 15.0 Å². The Morgan fingerprint density at radius 3 is 2.38 bits per heavy atom. The second-order valence-corrected chi connectivity index (χ2v) is 14.0.